The van der Waals surface area contributed by atoms with Crippen molar-refractivity contribution in [2.45, 2.75) is 26.7 Å². The molecule has 0 aliphatic heterocycles. The van der Waals surface area contributed by atoms with Gasteiger partial charge in [0.25, 0.3) is 0 Å². The van der Waals surface area contributed by atoms with Crippen LogP contribution >= 0.6 is 7.60 Å². The van der Waals surface area contributed by atoms with Crippen molar-refractivity contribution in [3.05, 3.63) is 47.8 Å². The van der Waals surface area contributed by atoms with E-state index in [1.165, 1.54) is 12.1 Å². The quantitative estimate of drug-likeness (QED) is 0.670. The Morgan fingerprint density at radius 3 is 2.57 bits per heavy atom. The SMILES string of the molecule is CCc1c(O)ccc(OP(=O)(O)CNc2cccnc2)c1CC. The number of aromatic hydroxyl groups is 1. The van der Waals surface area contributed by atoms with Gasteiger partial charge in [0.05, 0.1) is 5.69 Å². The summed E-state index contributed by atoms with van der Waals surface area (Å²) in [7, 11) is -3.89. The summed E-state index contributed by atoms with van der Waals surface area (Å²) in [6.07, 6.45) is 4.17. The third kappa shape index (κ3) is 4.47. The van der Waals surface area contributed by atoms with Gasteiger partial charge in [0.2, 0.25) is 0 Å². The fourth-order valence-corrected chi connectivity index (χ4v) is 3.30. The number of rotatable bonds is 7. The molecule has 3 N–H and O–H groups in total. The van der Waals surface area contributed by atoms with E-state index in [4.69, 9.17) is 4.52 Å². The Morgan fingerprint density at radius 1 is 1.22 bits per heavy atom. The molecule has 1 heterocycles. The van der Waals surface area contributed by atoms with Crippen LogP contribution in [0.25, 0.3) is 0 Å². The van der Waals surface area contributed by atoms with Gasteiger partial charge in [-0.1, -0.05) is 13.8 Å². The fraction of sp³-hybridized carbons (Fsp3) is 0.312. The molecule has 23 heavy (non-hydrogen) atoms. The molecule has 0 aliphatic carbocycles. The zero-order valence-electron chi connectivity index (χ0n) is 13.2. The summed E-state index contributed by atoms with van der Waals surface area (Å²) < 4.78 is 17.7. The number of hydrogen-bond donors (Lipinski definition) is 3. The van der Waals surface area contributed by atoms with Gasteiger partial charge in [0.15, 0.2) is 0 Å². The van der Waals surface area contributed by atoms with E-state index < -0.39 is 7.60 Å². The fourth-order valence-electron chi connectivity index (χ4n) is 2.37. The van der Waals surface area contributed by atoms with Crippen molar-refractivity contribution in [2.24, 2.45) is 0 Å². The Labute approximate surface area is 135 Å². The van der Waals surface area contributed by atoms with Crippen molar-refractivity contribution in [3.63, 3.8) is 0 Å². The Bertz CT molecular complexity index is 707. The minimum absolute atomic E-state index is 0.179. The lowest BCUT2D eigenvalue weighted by molar-refractivity contribution is 0.379. The van der Waals surface area contributed by atoms with Crippen molar-refractivity contribution in [3.8, 4) is 11.5 Å². The molecule has 6 nitrogen and oxygen atoms in total. The average Bonchev–Trinajstić information content (AvgIpc) is 2.55. The van der Waals surface area contributed by atoms with Gasteiger partial charge in [-0.3, -0.25) is 4.98 Å². The van der Waals surface area contributed by atoms with Crippen molar-refractivity contribution in [2.75, 3.05) is 11.6 Å². The molecule has 1 aromatic heterocycles. The van der Waals surface area contributed by atoms with Gasteiger partial charge in [-0.05, 0) is 37.1 Å². The first-order chi connectivity index (χ1) is 11.0. The van der Waals surface area contributed by atoms with Gasteiger partial charge in [-0.15, -0.1) is 0 Å². The highest BCUT2D eigenvalue weighted by Gasteiger charge is 2.23. The van der Waals surface area contributed by atoms with Crippen LogP contribution in [0, 0.1) is 0 Å². The summed E-state index contributed by atoms with van der Waals surface area (Å²) in [5.41, 5.74) is 2.13. The molecule has 0 amide bonds. The van der Waals surface area contributed by atoms with Gasteiger partial charge in [0.1, 0.15) is 17.8 Å². The van der Waals surface area contributed by atoms with E-state index in [9.17, 15) is 14.6 Å². The molecule has 0 saturated heterocycles. The lowest BCUT2D eigenvalue weighted by atomic mass is 10.0. The van der Waals surface area contributed by atoms with Gasteiger partial charge >= 0.3 is 7.60 Å². The summed E-state index contributed by atoms with van der Waals surface area (Å²) >= 11 is 0. The van der Waals surface area contributed by atoms with Crippen LogP contribution in [0.4, 0.5) is 5.69 Å². The Hall–Kier alpha value is -2.04. The standard InChI is InChI=1S/C16H21N2O4P/c1-3-13-14(4-2)16(8-7-15(13)19)22-23(20,21)11-18-12-6-5-9-17-10-12/h5-10,18-19H,3-4,11H2,1-2H3,(H,20,21). The summed E-state index contributed by atoms with van der Waals surface area (Å²) in [6, 6.07) is 6.50. The van der Waals surface area contributed by atoms with Crippen molar-refractivity contribution in [1.29, 1.82) is 0 Å². The van der Waals surface area contributed by atoms with Crippen LogP contribution in [-0.4, -0.2) is 21.3 Å². The number of phenolic OH excluding ortho intramolecular Hbond substituents is 1. The molecule has 0 aliphatic rings. The maximum absolute atomic E-state index is 12.3. The number of aromatic nitrogens is 1. The van der Waals surface area contributed by atoms with Gasteiger partial charge in [0, 0.05) is 23.5 Å². The molecular formula is C16H21N2O4P. The molecule has 2 rings (SSSR count). The third-order valence-corrected chi connectivity index (χ3v) is 4.50. The third-order valence-electron chi connectivity index (χ3n) is 3.46. The second-order valence-electron chi connectivity index (χ2n) is 5.05. The maximum atomic E-state index is 12.3. The van der Waals surface area contributed by atoms with Gasteiger partial charge in [-0.2, -0.15) is 0 Å². The second kappa shape index (κ2) is 7.49. The first kappa shape index (κ1) is 17.3. The summed E-state index contributed by atoms with van der Waals surface area (Å²) in [6.45, 7) is 3.83. The van der Waals surface area contributed by atoms with Gasteiger partial charge < -0.3 is 19.8 Å². The van der Waals surface area contributed by atoms with E-state index in [1.807, 2.05) is 13.8 Å². The molecule has 2 aromatic rings. The zero-order chi connectivity index (χ0) is 16.9. The average molecular weight is 336 g/mol. The van der Waals surface area contributed by atoms with E-state index in [-0.39, 0.29) is 12.0 Å². The number of benzene rings is 1. The molecular weight excluding hydrogens is 315 g/mol. The highest BCUT2D eigenvalue weighted by molar-refractivity contribution is 7.53. The number of nitrogens with one attached hydrogen (secondary N) is 1. The molecule has 0 bridgehead atoms. The van der Waals surface area contributed by atoms with Crippen molar-refractivity contribution < 1.29 is 19.1 Å². The van der Waals surface area contributed by atoms with Crippen LogP contribution in [0.5, 0.6) is 11.5 Å². The molecule has 0 spiro atoms. The predicted molar refractivity (Wildman–Crippen MR) is 90.0 cm³/mol. The highest BCUT2D eigenvalue weighted by atomic mass is 31.2. The normalized spacial score (nSPS) is 13.3. The number of phenols is 1. The first-order valence-corrected chi connectivity index (χ1v) is 9.22. The maximum Gasteiger partial charge on any atom is 0.395 e. The van der Waals surface area contributed by atoms with Crippen LogP contribution in [0.3, 0.4) is 0 Å². The van der Waals surface area contributed by atoms with E-state index >= 15 is 0 Å². The lowest BCUT2D eigenvalue weighted by Crippen LogP contribution is -2.08. The summed E-state index contributed by atoms with van der Waals surface area (Å²) in [5.74, 6) is 0.513. The first-order valence-electron chi connectivity index (χ1n) is 7.46. The molecule has 1 aromatic carbocycles. The van der Waals surface area contributed by atoms with E-state index in [0.29, 0.717) is 24.3 Å². The Balaban J connectivity index is 2.15. The Kier molecular flexibility index (Phi) is 5.64. The zero-order valence-corrected chi connectivity index (χ0v) is 14.1. The number of anilines is 1. The molecule has 1 unspecified atom stereocenters. The monoisotopic (exact) mass is 336 g/mol. The van der Waals surface area contributed by atoms with E-state index in [2.05, 4.69) is 10.3 Å². The van der Waals surface area contributed by atoms with Crippen LogP contribution in [-0.2, 0) is 17.4 Å². The molecule has 7 heteroatoms. The number of pyridine rings is 1. The summed E-state index contributed by atoms with van der Waals surface area (Å²) in [4.78, 5) is 14.0. The Morgan fingerprint density at radius 2 is 1.96 bits per heavy atom. The largest absolute Gasteiger partial charge is 0.508 e. The van der Waals surface area contributed by atoms with Crippen LogP contribution in [0.1, 0.15) is 25.0 Å². The molecule has 1 atom stereocenters. The summed E-state index contributed by atoms with van der Waals surface area (Å²) in [5, 5.41) is 12.7. The minimum Gasteiger partial charge on any atom is -0.508 e. The lowest BCUT2D eigenvalue weighted by Gasteiger charge is -2.19. The van der Waals surface area contributed by atoms with E-state index in [0.717, 1.165) is 11.1 Å². The van der Waals surface area contributed by atoms with Crippen molar-refractivity contribution in [1.82, 2.24) is 4.98 Å². The minimum atomic E-state index is -3.89. The molecule has 124 valence electrons. The number of nitrogens with zero attached hydrogens (tertiary/aromatic N) is 1. The van der Waals surface area contributed by atoms with Crippen LogP contribution < -0.4 is 9.84 Å². The van der Waals surface area contributed by atoms with Crippen LogP contribution in [0.15, 0.2) is 36.7 Å². The second-order valence-corrected chi connectivity index (χ2v) is 6.83. The molecule has 0 fully saturated rings. The smallest absolute Gasteiger partial charge is 0.395 e. The molecule has 0 radical (unpaired) electrons. The molecule has 0 saturated carbocycles. The van der Waals surface area contributed by atoms with Gasteiger partial charge in [-0.25, -0.2) is 4.57 Å². The van der Waals surface area contributed by atoms with Crippen LogP contribution in [0.2, 0.25) is 0 Å². The topological polar surface area (TPSA) is 91.7 Å². The predicted octanol–water partition coefficient (Wildman–Crippen LogP) is 3.55. The van der Waals surface area contributed by atoms with E-state index in [1.54, 1.807) is 24.5 Å². The highest BCUT2D eigenvalue weighted by Crippen LogP contribution is 2.45. The number of hydrogen-bond acceptors (Lipinski definition) is 5. The van der Waals surface area contributed by atoms with Crippen molar-refractivity contribution >= 4 is 13.3 Å².